The first-order chi connectivity index (χ1) is 15.0. The Kier molecular flexibility index (Phi) is 7.39. The zero-order valence-electron chi connectivity index (χ0n) is 17.5. The minimum Gasteiger partial charge on any atom is -0.444 e. The molecule has 0 saturated heterocycles. The lowest BCUT2D eigenvalue weighted by molar-refractivity contribution is 0.0600. The van der Waals surface area contributed by atoms with E-state index >= 15 is 0 Å². The van der Waals surface area contributed by atoms with E-state index in [1.165, 1.54) is 29.2 Å². The Balaban J connectivity index is 0.000000312. The Bertz CT molecular complexity index is 1150. The Morgan fingerprint density at radius 3 is 2.56 bits per heavy atom. The number of carbonyl (C=O) groups is 1. The van der Waals surface area contributed by atoms with Gasteiger partial charge in [-0.3, -0.25) is 4.52 Å². The van der Waals surface area contributed by atoms with Crippen LogP contribution in [-0.4, -0.2) is 37.0 Å². The molecule has 1 aliphatic carbocycles. The summed E-state index contributed by atoms with van der Waals surface area (Å²) in [6.07, 6.45) is 2.68. The molecule has 1 saturated carbocycles. The summed E-state index contributed by atoms with van der Waals surface area (Å²) in [6, 6.07) is 4.16. The molecule has 4 rings (SSSR count). The second-order valence-electron chi connectivity index (χ2n) is 7.83. The van der Waals surface area contributed by atoms with Crippen LogP contribution in [0.5, 0.6) is 0 Å². The Morgan fingerprint density at radius 2 is 2.03 bits per heavy atom. The molecule has 10 nitrogen and oxygen atoms in total. The lowest BCUT2D eigenvalue weighted by Gasteiger charge is -2.23. The predicted octanol–water partition coefficient (Wildman–Crippen LogP) is 4.30. The van der Waals surface area contributed by atoms with E-state index in [0.717, 1.165) is 12.8 Å². The predicted molar refractivity (Wildman–Crippen MR) is 117 cm³/mol. The number of amides is 1. The molecular weight excluding hydrogens is 509 g/mol. The van der Waals surface area contributed by atoms with Gasteiger partial charge in [-0.15, -0.1) is 0 Å². The van der Waals surface area contributed by atoms with Gasteiger partial charge in [0, 0.05) is 5.25 Å². The van der Waals surface area contributed by atoms with Crippen molar-refractivity contribution in [2.24, 2.45) is 5.73 Å². The molecule has 32 heavy (non-hydrogen) atoms. The Labute approximate surface area is 194 Å². The van der Waals surface area contributed by atoms with Gasteiger partial charge in [0.25, 0.3) is 0 Å². The lowest BCUT2D eigenvalue weighted by atomic mass is 10.0. The monoisotopic (exact) mass is 529 g/mol. The number of rotatable bonds is 4. The highest BCUT2D eigenvalue weighted by Gasteiger charge is 2.27. The van der Waals surface area contributed by atoms with Crippen LogP contribution in [0.25, 0.3) is 17.2 Å². The van der Waals surface area contributed by atoms with Gasteiger partial charge in [-0.05, 0) is 78.1 Å². The lowest BCUT2D eigenvalue weighted by Crippen LogP contribution is -2.27. The number of benzene rings is 1. The molecule has 0 aliphatic heterocycles. The first-order valence-electron chi connectivity index (χ1n) is 9.57. The molecule has 2 N–H and O–H groups in total. The van der Waals surface area contributed by atoms with Crippen LogP contribution in [0.2, 0.25) is 0 Å². The maximum absolute atomic E-state index is 13.5. The fraction of sp³-hybridized carbons (Fsp3) is 0.421. The molecule has 1 aromatic carbocycles. The molecule has 13 heteroatoms. The molecule has 1 aliphatic rings. The van der Waals surface area contributed by atoms with Gasteiger partial charge in [0.2, 0.25) is 5.82 Å². The van der Waals surface area contributed by atoms with Gasteiger partial charge >= 0.3 is 11.8 Å². The second-order valence-corrected chi connectivity index (χ2v) is 9.97. The van der Waals surface area contributed by atoms with Crippen molar-refractivity contribution in [3.8, 4) is 17.2 Å². The summed E-state index contributed by atoms with van der Waals surface area (Å²) >= 11 is 4.65. The van der Waals surface area contributed by atoms with Gasteiger partial charge in [-0.1, -0.05) is 23.3 Å². The number of nitrogens with two attached hydrogens (primary N) is 1. The molecule has 2 aromatic heterocycles. The molecule has 0 atom stereocenters. The van der Waals surface area contributed by atoms with Gasteiger partial charge in [0.05, 0.1) is 10.2 Å². The van der Waals surface area contributed by atoms with Crippen LogP contribution in [0, 0.1) is 5.82 Å². The summed E-state index contributed by atoms with van der Waals surface area (Å²) in [4.78, 5) is 22.1. The van der Waals surface area contributed by atoms with Crippen molar-refractivity contribution in [1.29, 1.82) is 0 Å². The first-order valence-corrected chi connectivity index (χ1v) is 11.2. The van der Waals surface area contributed by atoms with Crippen LogP contribution in [-0.2, 0) is 4.74 Å². The van der Waals surface area contributed by atoms with Crippen molar-refractivity contribution in [3.05, 3.63) is 39.0 Å². The van der Waals surface area contributed by atoms with E-state index in [-0.39, 0.29) is 10.3 Å². The van der Waals surface area contributed by atoms with Crippen molar-refractivity contribution < 1.29 is 23.1 Å². The normalized spacial score (nSPS) is 13.8. The number of hydrogen-bond acceptors (Lipinski definition) is 9. The smallest absolute Gasteiger partial charge is 0.444 e. The van der Waals surface area contributed by atoms with Gasteiger partial charge in [0.15, 0.2) is 10.7 Å². The summed E-state index contributed by atoms with van der Waals surface area (Å²) in [5.74, 6) is -0.971. The number of hydrogen-bond donors (Lipinski definition) is 1. The minimum atomic E-state index is -0.725. The van der Waals surface area contributed by atoms with Crippen LogP contribution >= 0.6 is 27.7 Å². The van der Waals surface area contributed by atoms with E-state index in [2.05, 4.69) is 36.1 Å². The highest BCUT2D eigenvalue weighted by Crippen LogP contribution is 2.39. The molecule has 0 unspecified atom stereocenters. The number of ether oxygens (including phenoxy) is 1. The molecule has 0 spiro atoms. The zero-order valence-corrected chi connectivity index (χ0v) is 19.9. The summed E-state index contributed by atoms with van der Waals surface area (Å²) in [5.41, 5.74) is 4.99. The molecule has 0 radical (unpaired) electrons. The number of halogens is 2. The fourth-order valence-corrected chi connectivity index (χ4v) is 4.16. The van der Waals surface area contributed by atoms with Crippen molar-refractivity contribution in [2.45, 2.75) is 55.9 Å². The van der Waals surface area contributed by atoms with E-state index in [0.29, 0.717) is 21.7 Å². The maximum Gasteiger partial charge on any atom is 0.446 e. The molecule has 3 aromatic rings. The summed E-state index contributed by atoms with van der Waals surface area (Å²) in [5, 5.41) is 12.6. The molecule has 1 amide bonds. The number of nitrogens with zero attached hydrogens (tertiary/aromatic N) is 4. The number of aromatic nitrogens is 4. The topological polar surface area (TPSA) is 139 Å². The number of thioether (sulfide) groups is 1. The van der Waals surface area contributed by atoms with Crippen molar-refractivity contribution in [3.63, 3.8) is 0 Å². The standard InChI is InChI=1S/C14H10BrFN4O3S.C5H11NO2/c15-9-6-7(4-5-10(9)16)20-12(18-22-14(20)21)11-13(19-23-17-11)24-8-2-1-3-8;1-5(2,3)8-4(6)7/h4-6,8H,1-3H2;1-3H3,(H2,6,7). The average Bonchev–Trinajstić information content (AvgIpc) is 3.25. The number of primary amides is 1. The third-order valence-electron chi connectivity index (χ3n) is 4.17. The van der Waals surface area contributed by atoms with Crippen molar-refractivity contribution in [1.82, 2.24) is 20.0 Å². The van der Waals surface area contributed by atoms with E-state index in [1.54, 1.807) is 32.5 Å². The molecular formula is C19H21BrFN5O5S. The van der Waals surface area contributed by atoms with Crippen LogP contribution < -0.4 is 11.5 Å². The van der Waals surface area contributed by atoms with Gasteiger partial charge < -0.3 is 10.5 Å². The largest absolute Gasteiger partial charge is 0.446 e. The first kappa shape index (κ1) is 24.0. The van der Waals surface area contributed by atoms with Crippen molar-refractivity contribution >= 4 is 33.8 Å². The quantitative estimate of drug-likeness (QED) is 0.523. The highest BCUT2D eigenvalue weighted by molar-refractivity contribution is 9.10. The fourth-order valence-electron chi connectivity index (χ4n) is 2.59. The van der Waals surface area contributed by atoms with Crippen molar-refractivity contribution in [2.75, 3.05) is 0 Å². The van der Waals surface area contributed by atoms with Gasteiger partial charge in [-0.25, -0.2) is 23.2 Å². The Hall–Kier alpha value is -2.67. The summed E-state index contributed by atoms with van der Waals surface area (Å²) in [7, 11) is 0. The molecule has 0 bridgehead atoms. The second kappa shape index (κ2) is 9.86. The zero-order chi connectivity index (χ0) is 23.5. The minimum absolute atomic E-state index is 0.168. The third-order valence-corrected chi connectivity index (χ3v) is 6.08. The number of carbonyl (C=O) groups excluding carboxylic acids is 1. The van der Waals surface area contributed by atoms with Gasteiger partial charge in [0.1, 0.15) is 11.4 Å². The highest BCUT2D eigenvalue weighted by atomic mass is 79.9. The average molecular weight is 530 g/mol. The van der Waals surface area contributed by atoms with Crippen LogP contribution in [0.4, 0.5) is 9.18 Å². The van der Waals surface area contributed by atoms with Gasteiger partial charge in [-0.2, -0.15) is 0 Å². The molecule has 1 fully saturated rings. The van der Waals surface area contributed by atoms with E-state index in [4.69, 9.17) is 14.9 Å². The van der Waals surface area contributed by atoms with E-state index in [1.807, 2.05) is 0 Å². The van der Waals surface area contributed by atoms with Crippen LogP contribution in [0.15, 0.2) is 41.6 Å². The van der Waals surface area contributed by atoms with E-state index < -0.39 is 23.3 Å². The summed E-state index contributed by atoms with van der Waals surface area (Å²) in [6.45, 7) is 5.28. The van der Waals surface area contributed by atoms with Crippen LogP contribution in [0.1, 0.15) is 40.0 Å². The Morgan fingerprint density at radius 1 is 1.31 bits per heavy atom. The van der Waals surface area contributed by atoms with Crippen LogP contribution in [0.3, 0.4) is 0 Å². The maximum atomic E-state index is 13.5. The third kappa shape index (κ3) is 5.97. The summed E-state index contributed by atoms with van der Waals surface area (Å²) < 4.78 is 29.1. The SMILES string of the molecule is CC(C)(C)OC(N)=O.O=c1onc(-c2nonc2SC2CCC2)n1-c1ccc(F)c(Br)c1. The molecule has 172 valence electrons. The van der Waals surface area contributed by atoms with E-state index in [9.17, 15) is 14.0 Å². The molecule has 2 heterocycles.